The number of carbonyl (C=O) groups excluding carboxylic acids is 2. The lowest BCUT2D eigenvalue weighted by Crippen LogP contribution is -2.60. The number of amides is 2. The van der Waals surface area contributed by atoms with Gasteiger partial charge in [-0.05, 0) is 24.3 Å². The van der Waals surface area contributed by atoms with E-state index in [0.717, 1.165) is 4.90 Å². The van der Waals surface area contributed by atoms with E-state index >= 15 is 0 Å². The van der Waals surface area contributed by atoms with Gasteiger partial charge in [0.25, 0.3) is 0 Å². The molecule has 2 aliphatic carbocycles. The van der Waals surface area contributed by atoms with Crippen LogP contribution in [0.4, 0.5) is 5.69 Å². The largest absolute Gasteiger partial charge is 0.497 e. The summed E-state index contributed by atoms with van der Waals surface area (Å²) >= 11 is 26.6. The van der Waals surface area contributed by atoms with Crippen molar-refractivity contribution in [1.29, 1.82) is 0 Å². The van der Waals surface area contributed by atoms with Gasteiger partial charge in [0.2, 0.25) is 17.6 Å². The van der Waals surface area contributed by atoms with Crippen LogP contribution in [-0.4, -0.2) is 48.7 Å². The lowest BCUT2D eigenvalue weighted by Gasteiger charge is -2.42. The number of imide groups is 1. The molecule has 1 heterocycles. The fourth-order valence-corrected chi connectivity index (χ4v) is 6.85. The van der Waals surface area contributed by atoms with Crippen molar-refractivity contribution >= 4 is 63.9 Å². The van der Waals surface area contributed by atoms with E-state index in [2.05, 4.69) is 0 Å². The van der Waals surface area contributed by atoms with Crippen LogP contribution in [0, 0.1) is 11.8 Å². The fourth-order valence-electron chi connectivity index (χ4n) is 4.69. The molecule has 0 aromatic heterocycles. The van der Waals surface area contributed by atoms with E-state index in [9.17, 15) is 9.59 Å². The van der Waals surface area contributed by atoms with Crippen molar-refractivity contribution in [2.45, 2.75) is 15.5 Å². The van der Waals surface area contributed by atoms with Crippen LogP contribution < -0.4 is 9.64 Å². The third-order valence-corrected chi connectivity index (χ3v) is 8.47. The Balaban J connectivity index is 1.88. The third-order valence-electron chi connectivity index (χ3n) is 5.86. The van der Waals surface area contributed by atoms with Crippen LogP contribution in [0.5, 0.6) is 5.75 Å². The van der Waals surface area contributed by atoms with Crippen LogP contribution >= 0.6 is 46.4 Å². The van der Waals surface area contributed by atoms with Crippen molar-refractivity contribution in [1.82, 2.24) is 0 Å². The zero-order chi connectivity index (χ0) is 20.6. The molecule has 1 saturated carbocycles. The fraction of sp³-hybridized carbons (Fsp3) is 0.444. The zero-order valence-corrected chi connectivity index (χ0v) is 18.0. The molecule has 2 fully saturated rings. The minimum Gasteiger partial charge on any atom is -0.497 e. The second-order valence-corrected chi connectivity index (χ2v) is 8.69. The third kappa shape index (κ3) is 1.90. The SMILES string of the molecule is COc1ccc(N2C(=O)[C@@H]3[C@H](C2=O)[C@@]2(Cl)C(Cl)=C(Cl)[C@@]3(Cl)C2(OC)OC)cc1. The van der Waals surface area contributed by atoms with E-state index in [1.165, 1.54) is 21.3 Å². The second-order valence-electron chi connectivity index (χ2n) is 6.74. The van der Waals surface area contributed by atoms with Crippen molar-refractivity contribution < 1.29 is 23.8 Å². The van der Waals surface area contributed by atoms with Crippen LogP contribution in [0.1, 0.15) is 0 Å². The Morgan fingerprint density at radius 2 is 1.29 bits per heavy atom. The lowest BCUT2D eigenvalue weighted by molar-refractivity contribution is -0.221. The van der Waals surface area contributed by atoms with Gasteiger partial charge in [-0.15, -0.1) is 23.2 Å². The number of anilines is 1. The van der Waals surface area contributed by atoms with Gasteiger partial charge in [-0.1, -0.05) is 23.2 Å². The molecular formula is C18H15Cl4NO5. The highest BCUT2D eigenvalue weighted by molar-refractivity contribution is 6.54. The molecule has 0 spiro atoms. The molecular weight excluding hydrogens is 452 g/mol. The molecule has 2 bridgehead atoms. The van der Waals surface area contributed by atoms with Crippen LogP contribution in [0.2, 0.25) is 0 Å². The number of hydrogen-bond donors (Lipinski definition) is 0. The molecule has 28 heavy (non-hydrogen) atoms. The molecule has 150 valence electrons. The van der Waals surface area contributed by atoms with Crippen molar-refractivity contribution in [3.8, 4) is 5.75 Å². The number of ether oxygens (including phenoxy) is 3. The monoisotopic (exact) mass is 465 g/mol. The Hall–Kier alpha value is -1.02. The number of halogens is 4. The van der Waals surface area contributed by atoms with Gasteiger partial charge in [0.05, 0.1) is 34.7 Å². The summed E-state index contributed by atoms with van der Waals surface area (Å²) < 4.78 is 16.2. The Kier molecular flexibility index (Phi) is 4.51. The molecule has 4 atom stereocenters. The number of alkyl halides is 2. The molecule has 1 aromatic rings. The number of carbonyl (C=O) groups is 2. The molecule has 2 amide bonds. The number of hydrogen-bond acceptors (Lipinski definition) is 5. The minimum absolute atomic E-state index is 0.0616. The van der Waals surface area contributed by atoms with E-state index < -0.39 is 39.2 Å². The maximum Gasteiger partial charge on any atom is 0.240 e. The first-order chi connectivity index (χ1) is 13.2. The Bertz CT molecular complexity index is 869. The highest BCUT2D eigenvalue weighted by atomic mass is 35.5. The number of nitrogens with zero attached hydrogens (tertiary/aromatic N) is 1. The maximum absolute atomic E-state index is 13.4. The van der Waals surface area contributed by atoms with Crippen LogP contribution in [-0.2, 0) is 19.1 Å². The van der Waals surface area contributed by atoms with E-state index in [0.29, 0.717) is 11.4 Å². The molecule has 0 N–H and O–H groups in total. The van der Waals surface area contributed by atoms with Gasteiger partial charge in [0.15, 0.2) is 0 Å². The first kappa shape index (κ1) is 20.3. The van der Waals surface area contributed by atoms with Gasteiger partial charge in [0.1, 0.15) is 15.5 Å². The minimum atomic E-state index is -1.79. The zero-order valence-electron chi connectivity index (χ0n) is 15.0. The summed E-state index contributed by atoms with van der Waals surface area (Å²) in [6.07, 6.45) is 0. The summed E-state index contributed by atoms with van der Waals surface area (Å²) in [5, 5.41) is -0.123. The van der Waals surface area contributed by atoms with E-state index in [1.54, 1.807) is 24.3 Å². The van der Waals surface area contributed by atoms with E-state index in [4.69, 9.17) is 60.6 Å². The number of benzene rings is 1. The van der Waals surface area contributed by atoms with Crippen molar-refractivity contribution in [2.24, 2.45) is 11.8 Å². The smallest absolute Gasteiger partial charge is 0.240 e. The van der Waals surface area contributed by atoms with Gasteiger partial charge in [-0.2, -0.15) is 0 Å². The summed E-state index contributed by atoms with van der Waals surface area (Å²) in [7, 11) is 4.14. The number of methoxy groups -OCH3 is 3. The molecule has 1 saturated heterocycles. The van der Waals surface area contributed by atoms with Gasteiger partial charge in [0, 0.05) is 14.2 Å². The average Bonchev–Trinajstić information content (AvgIpc) is 3.12. The lowest BCUT2D eigenvalue weighted by atomic mass is 9.84. The number of fused-ring (bicyclic) bond motifs is 5. The Morgan fingerprint density at radius 1 is 0.857 bits per heavy atom. The predicted molar refractivity (Wildman–Crippen MR) is 105 cm³/mol. The van der Waals surface area contributed by atoms with Gasteiger partial charge in [-0.25, -0.2) is 4.90 Å². The highest BCUT2D eigenvalue weighted by Crippen LogP contribution is 2.75. The van der Waals surface area contributed by atoms with Gasteiger partial charge in [-0.3, -0.25) is 9.59 Å². The van der Waals surface area contributed by atoms with E-state index in [1.807, 2.05) is 0 Å². The normalized spacial score (nSPS) is 35.8. The molecule has 3 aliphatic rings. The molecule has 0 unspecified atom stereocenters. The summed E-state index contributed by atoms with van der Waals surface area (Å²) in [4.78, 5) is 24.2. The van der Waals surface area contributed by atoms with Crippen LogP contribution in [0.25, 0.3) is 0 Å². The maximum atomic E-state index is 13.4. The molecule has 0 radical (unpaired) electrons. The van der Waals surface area contributed by atoms with Crippen molar-refractivity contribution in [2.75, 3.05) is 26.2 Å². The second kappa shape index (κ2) is 6.24. The van der Waals surface area contributed by atoms with E-state index in [-0.39, 0.29) is 10.1 Å². The molecule has 4 rings (SSSR count). The van der Waals surface area contributed by atoms with Gasteiger partial charge >= 0.3 is 0 Å². The average molecular weight is 467 g/mol. The molecule has 1 aromatic carbocycles. The summed E-state index contributed by atoms with van der Waals surface area (Å²) in [6.45, 7) is 0. The molecule has 6 nitrogen and oxygen atoms in total. The number of rotatable bonds is 4. The standard InChI is InChI=1S/C18H15Cl4NO5/c1-26-9-6-4-8(5-7-9)23-14(24)10-11(15(23)25)17(22)13(20)12(19)16(10,21)18(17,27-2)28-3/h4-7,10-11H,1-3H3/t10-,11+,16-,17-/m1/s1. The van der Waals surface area contributed by atoms with Crippen LogP contribution in [0.3, 0.4) is 0 Å². The summed E-state index contributed by atoms with van der Waals surface area (Å²) in [5.41, 5.74) is 0.359. The summed E-state index contributed by atoms with van der Waals surface area (Å²) in [6, 6.07) is 6.46. The first-order valence-electron chi connectivity index (χ1n) is 8.23. The van der Waals surface area contributed by atoms with Gasteiger partial charge < -0.3 is 14.2 Å². The Labute approximate surface area is 181 Å². The van der Waals surface area contributed by atoms with Crippen molar-refractivity contribution in [3.63, 3.8) is 0 Å². The topological polar surface area (TPSA) is 65.1 Å². The highest BCUT2D eigenvalue weighted by Gasteiger charge is 2.89. The predicted octanol–water partition coefficient (Wildman–Crippen LogP) is 3.46. The Morgan fingerprint density at radius 3 is 1.64 bits per heavy atom. The first-order valence-corrected chi connectivity index (χ1v) is 9.74. The van der Waals surface area contributed by atoms with Crippen LogP contribution in [0.15, 0.2) is 34.3 Å². The quantitative estimate of drug-likeness (QED) is 0.386. The molecule has 10 heteroatoms. The summed E-state index contributed by atoms with van der Waals surface area (Å²) in [5.74, 6) is -4.55. The molecule has 1 aliphatic heterocycles. The van der Waals surface area contributed by atoms with Crippen molar-refractivity contribution in [3.05, 3.63) is 34.3 Å².